The summed E-state index contributed by atoms with van der Waals surface area (Å²) in [6, 6.07) is 8.47. The second kappa shape index (κ2) is 4.81. The van der Waals surface area contributed by atoms with Crippen LogP contribution in [0.5, 0.6) is 0 Å². The summed E-state index contributed by atoms with van der Waals surface area (Å²) in [5, 5.41) is 1.05. The predicted molar refractivity (Wildman–Crippen MR) is 63.5 cm³/mol. The van der Waals surface area contributed by atoms with Crippen LogP contribution in [-0.2, 0) is 6.42 Å². The van der Waals surface area contributed by atoms with Gasteiger partial charge in [0, 0.05) is 6.20 Å². The number of aromatic nitrogens is 1. The Morgan fingerprint density at radius 2 is 1.75 bits per heavy atom. The standard InChI is InChI=1S/C12H8Cl2FN/c13-10-3-1-8(6-11(10)14)5-9-2-4-12(15)16-7-9/h1-4,6-7H,5H2. The fraction of sp³-hybridized carbons (Fsp3) is 0.0833. The normalized spacial score (nSPS) is 10.4. The fourth-order valence-electron chi connectivity index (χ4n) is 1.40. The highest BCUT2D eigenvalue weighted by atomic mass is 35.5. The number of halogens is 3. The molecular weight excluding hydrogens is 248 g/mol. The van der Waals surface area contributed by atoms with E-state index in [1.165, 1.54) is 12.3 Å². The summed E-state index contributed by atoms with van der Waals surface area (Å²) in [6.07, 6.45) is 2.17. The van der Waals surface area contributed by atoms with Crippen molar-refractivity contribution in [3.05, 3.63) is 63.6 Å². The molecule has 4 heteroatoms. The summed E-state index contributed by atoms with van der Waals surface area (Å²) in [5.41, 5.74) is 1.95. The summed E-state index contributed by atoms with van der Waals surface area (Å²) in [5.74, 6) is -0.474. The third-order valence-corrected chi connectivity index (χ3v) is 2.92. The first-order chi connectivity index (χ1) is 7.65. The lowest BCUT2D eigenvalue weighted by Crippen LogP contribution is -1.90. The van der Waals surface area contributed by atoms with E-state index in [1.807, 2.05) is 6.07 Å². The Bertz CT molecular complexity index is 497. The molecule has 1 aromatic heterocycles. The van der Waals surface area contributed by atoms with Crippen LogP contribution in [0.25, 0.3) is 0 Å². The van der Waals surface area contributed by atoms with Gasteiger partial charge in [0.25, 0.3) is 0 Å². The Kier molecular flexibility index (Phi) is 3.42. The molecule has 1 aromatic carbocycles. The first kappa shape index (κ1) is 11.4. The maximum absolute atomic E-state index is 12.6. The highest BCUT2D eigenvalue weighted by Gasteiger charge is 2.01. The van der Waals surface area contributed by atoms with Gasteiger partial charge in [-0.2, -0.15) is 4.39 Å². The van der Waals surface area contributed by atoms with E-state index >= 15 is 0 Å². The van der Waals surface area contributed by atoms with Gasteiger partial charge in [0.15, 0.2) is 0 Å². The molecule has 0 aliphatic rings. The Morgan fingerprint density at radius 3 is 2.38 bits per heavy atom. The van der Waals surface area contributed by atoms with Crippen LogP contribution in [0.1, 0.15) is 11.1 Å². The molecule has 0 aliphatic heterocycles. The molecule has 2 aromatic rings. The van der Waals surface area contributed by atoms with Crippen molar-refractivity contribution in [1.82, 2.24) is 4.98 Å². The van der Waals surface area contributed by atoms with Crippen molar-refractivity contribution < 1.29 is 4.39 Å². The lowest BCUT2D eigenvalue weighted by molar-refractivity contribution is 0.582. The zero-order valence-corrected chi connectivity index (χ0v) is 9.76. The molecule has 0 bridgehead atoms. The largest absolute Gasteiger partial charge is 0.228 e. The summed E-state index contributed by atoms with van der Waals surface area (Å²) in [4.78, 5) is 3.59. The lowest BCUT2D eigenvalue weighted by Gasteiger charge is -2.03. The minimum absolute atomic E-state index is 0.474. The van der Waals surface area contributed by atoms with Gasteiger partial charge in [-0.25, -0.2) is 4.98 Å². The zero-order chi connectivity index (χ0) is 11.5. The molecule has 0 aliphatic carbocycles. The molecule has 0 saturated carbocycles. The van der Waals surface area contributed by atoms with Crippen LogP contribution >= 0.6 is 23.2 Å². The first-order valence-corrected chi connectivity index (χ1v) is 5.45. The smallest absolute Gasteiger partial charge is 0.212 e. The van der Waals surface area contributed by atoms with Crippen molar-refractivity contribution in [2.75, 3.05) is 0 Å². The summed E-state index contributed by atoms with van der Waals surface area (Å²) >= 11 is 11.7. The van der Waals surface area contributed by atoms with Crippen molar-refractivity contribution in [3.8, 4) is 0 Å². The summed E-state index contributed by atoms with van der Waals surface area (Å²) in [7, 11) is 0. The van der Waals surface area contributed by atoms with Gasteiger partial charge in [-0.3, -0.25) is 0 Å². The molecule has 2 rings (SSSR count). The van der Waals surface area contributed by atoms with Crippen molar-refractivity contribution in [3.63, 3.8) is 0 Å². The predicted octanol–water partition coefficient (Wildman–Crippen LogP) is 4.12. The maximum Gasteiger partial charge on any atom is 0.212 e. The SMILES string of the molecule is Fc1ccc(Cc2ccc(Cl)c(Cl)c2)cn1. The van der Waals surface area contributed by atoms with Crippen LogP contribution in [0.4, 0.5) is 4.39 Å². The van der Waals surface area contributed by atoms with Gasteiger partial charge in [-0.1, -0.05) is 35.3 Å². The van der Waals surface area contributed by atoms with Crippen LogP contribution in [0, 0.1) is 5.95 Å². The molecule has 0 N–H and O–H groups in total. The van der Waals surface area contributed by atoms with Gasteiger partial charge in [-0.15, -0.1) is 0 Å². The quantitative estimate of drug-likeness (QED) is 0.736. The Morgan fingerprint density at radius 1 is 1.00 bits per heavy atom. The topological polar surface area (TPSA) is 12.9 Å². The van der Waals surface area contributed by atoms with E-state index in [-0.39, 0.29) is 0 Å². The van der Waals surface area contributed by atoms with E-state index in [0.29, 0.717) is 16.5 Å². The molecule has 0 unspecified atom stereocenters. The highest BCUT2D eigenvalue weighted by molar-refractivity contribution is 6.42. The molecule has 0 spiro atoms. The van der Waals surface area contributed by atoms with Crippen LogP contribution in [-0.4, -0.2) is 4.98 Å². The summed E-state index contributed by atoms with van der Waals surface area (Å²) in [6.45, 7) is 0. The average molecular weight is 256 g/mol. The first-order valence-electron chi connectivity index (χ1n) is 4.69. The fourth-order valence-corrected chi connectivity index (χ4v) is 1.72. The van der Waals surface area contributed by atoms with Gasteiger partial charge >= 0.3 is 0 Å². The minimum Gasteiger partial charge on any atom is -0.228 e. The van der Waals surface area contributed by atoms with E-state index in [0.717, 1.165) is 11.1 Å². The number of hydrogen-bond donors (Lipinski definition) is 0. The van der Waals surface area contributed by atoms with Crippen LogP contribution in [0.2, 0.25) is 10.0 Å². The average Bonchev–Trinajstić information content (AvgIpc) is 2.27. The number of nitrogens with zero attached hydrogens (tertiary/aromatic N) is 1. The third-order valence-electron chi connectivity index (χ3n) is 2.18. The summed E-state index contributed by atoms with van der Waals surface area (Å²) < 4.78 is 12.6. The molecule has 0 saturated heterocycles. The maximum atomic E-state index is 12.6. The molecular formula is C12H8Cl2FN. The zero-order valence-electron chi connectivity index (χ0n) is 8.25. The van der Waals surface area contributed by atoms with Crippen molar-refractivity contribution in [2.24, 2.45) is 0 Å². The van der Waals surface area contributed by atoms with E-state index in [9.17, 15) is 4.39 Å². The second-order valence-electron chi connectivity index (χ2n) is 3.41. The van der Waals surface area contributed by atoms with Gasteiger partial charge in [-0.05, 0) is 35.7 Å². The number of rotatable bonds is 2. The van der Waals surface area contributed by atoms with E-state index in [2.05, 4.69) is 4.98 Å². The number of pyridine rings is 1. The van der Waals surface area contributed by atoms with E-state index < -0.39 is 5.95 Å². The van der Waals surface area contributed by atoms with Crippen molar-refractivity contribution in [2.45, 2.75) is 6.42 Å². The molecule has 82 valence electrons. The van der Waals surface area contributed by atoms with E-state index in [4.69, 9.17) is 23.2 Å². The molecule has 0 radical (unpaired) electrons. The molecule has 0 fully saturated rings. The molecule has 0 atom stereocenters. The Balaban J connectivity index is 2.20. The van der Waals surface area contributed by atoms with Crippen LogP contribution in [0.3, 0.4) is 0 Å². The van der Waals surface area contributed by atoms with Crippen molar-refractivity contribution in [1.29, 1.82) is 0 Å². The minimum atomic E-state index is -0.474. The Hall–Kier alpha value is -1.12. The second-order valence-corrected chi connectivity index (χ2v) is 4.23. The van der Waals surface area contributed by atoms with Gasteiger partial charge in [0.05, 0.1) is 10.0 Å². The molecule has 1 nitrogen and oxygen atoms in total. The Labute approximate surface area is 103 Å². The molecule has 16 heavy (non-hydrogen) atoms. The van der Waals surface area contributed by atoms with Gasteiger partial charge in [0.2, 0.25) is 5.95 Å². The van der Waals surface area contributed by atoms with Gasteiger partial charge in [0.1, 0.15) is 0 Å². The molecule has 0 amide bonds. The molecule has 1 heterocycles. The number of benzene rings is 1. The van der Waals surface area contributed by atoms with Crippen LogP contribution < -0.4 is 0 Å². The van der Waals surface area contributed by atoms with Gasteiger partial charge < -0.3 is 0 Å². The van der Waals surface area contributed by atoms with Crippen LogP contribution in [0.15, 0.2) is 36.5 Å². The monoisotopic (exact) mass is 255 g/mol. The van der Waals surface area contributed by atoms with E-state index in [1.54, 1.807) is 18.2 Å². The highest BCUT2D eigenvalue weighted by Crippen LogP contribution is 2.23. The third kappa shape index (κ3) is 2.71. The number of hydrogen-bond acceptors (Lipinski definition) is 1. The lowest BCUT2D eigenvalue weighted by atomic mass is 10.1. The van der Waals surface area contributed by atoms with Crippen molar-refractivity contribution >= 4 is 23.2 Å².